The summed E-state index contributed by atoms with van der Waals surface area (Å²) in [6.07, 6.45) is 0. The van der Waals surface area contributed by atoms with Gasteiger partial charge in [-0.25, -0.2) is 4.79 Å². The zero-order chi connectivity index (χ0) is 13.9. The molecule has 0 aromatic heterocycles. The van der Waals surface area contributed by atoms with Crippen molar-refractivity contribution >= 4 is 17.3 Å². The summed E-state index contributed by atoms with van der Waals surface area (Å²) in [6, 6.07) is 5.98. The Labute approximate surface area is 105 Å². The lowest BCUT2D eigenvalue weighted by atomic mass is 10.0. The number of nitro groups is 1. The minimum Gasteiger partial charge on any atom is -0.480 e. The van der Waals surface area contributed by atoms with Gasteiger partial charge in [0.2, 0.25) is 0 Å². The van der Waals surface area contributed by atoms with Crippen molar-refractivity contribution in [1.29, 1.82) is 0 Å². The number of hydrogen-bond donors (Lipinski definition) is 1. The number of non-ortho nitro benzene ring substituents is 1. The Morgan fingerprint density at radius 1 is 1.50 bits per heavy atom. The number of carboxylic acids is 1. The van der Waals surface area contributed by atoms with Gasteiger partial charge in [0.1, 0.15) is 5.54 Å². The number of anilines is 1. The molecule has 1 N–H and O–H groups in total. The average molecular weight is 252 g/mol. The molecule has 1 rings (SSSR count). The number of hydrogen-bond acceptors (Lipinski definition) is 4. The van der Waals surface area contributed by atoms with Crippen LogP contribution in [0.25, 0.3) is 0 Å². The van der Waals surface area contributed by atoms with E-state index < -0.39 is 16.4 Å². The first-order valence-electron chi connectivity index (χ1n) is 5.56. The highest BCUT2D eigenvalue weighted by molar-refractivity contribution is 5.82. The van der Waals surface area contributed by atoms with Crippen molar-refractivity contribution < 1.29 is 14.8 Å². The third-order valence-corrected chi connectivity index (χ3v) is 2.87. The Hall–Kier alpha value is -2.11. The second kappa shape index (κ2) is 5.03. The SMILES string of the molecule is CCN(c1cccc([N+](=O)[O-])c1)C(C)(C)C(=O)O. The average Bonchev–Trinajstić information content (AvgIpc) is 2.29. The molecule has 0 bridgehead atoms. The molecule has 0 spiro atoms. The van der Waals surface area contributed by atoms with E-state index in [0.29, 0.717) is 12.2 Å². The molecule has 98 valence electrons. The van der Waals surface area contributed by atoms with E-state index in [1.165, 1.54) is 12.1 Å². The van der Waals surface area contributed by atoms with Gasteiger partial charge in [0.15, 0.2) is 0 Å². The first-order valence-corrected chi connectivity index (χ1v) is 5.56. The summed E-state index contributed by atoms with van der Waals surface area (Å²) in [5.41, 5.74) is -0.643. The van der Waals surface area contributed by atoms with E-state index >= 15 is 0 Å². The van der Waals surface area contributed by atoms with Gasteiger partial charge in [-0.2, -0.15) is 0 Å². The maximum Gasteiger partial charge on any atom is 0.328 e. The van der Waals surface area contributed by atoms with Crippen molar-refractivity contribution in [3.8, 4) is 0 Å². The van der Waals surface area contributed by atoms with E-state index in [9.17, 15) is 20.0 Å². The lowest BCUT2D eigenvalue weighted by Gasteiger charge is -2.36. The molecular weight excluding hydrogens is 236 g/mol. The molecule has 1 aromatic rings. The van der Waals surface area contributed by atoms with Gasteiger partial charge < -0.3 is 10.0 Å². The fourth-order valence-corrected chi connectivity index (χ4v) is 1.79. The molecular formula is C12H16N2O4. The highest BCUT2D eigenvalue weighted by atomic mass is 16.6. The van der Waals surface area contributed by atoms with Crippen LogP contribution in [0.15, 0.2) is 24.3 Å². The Balaban J connectivity index is 3.21. The van der Waals surface area contributed by atoms with Crippen LogP contribution in [0.5, 0.6) is 0 Å². The monoisotopic (exact) mass is 252 g/mol. The molecule has 0 atom stereocenters. The molecule has 0 radical (unpaired) electrons. The van der Waals surface area contributed by atoms with Gasteiger partial charge in [0.05, 0.1) is 4.92 Å². The Kier molecular flexibility index (Phi) is 3.90. The van der Waals surface area contributed by atoms with E-state index in [1.807, 2.05) is 6.92 Å². The number of nitrogens with zero attached hydrogens (tertiary/aromatic N) is 2. The van der Waals surface area contributed by atoms with Crippen LogP contribution in [0.1, 0.15) is 20.8 Å². The topological polar surface area (TPSA) is 83.7 Å². The molecule has 0 saturated heterocycles. The predicted molar refractivity (Wildman–Crippen MR) is 67.8 cm³/mol. The standard InChI is InChI=1S/C12H16N2O4/c1-4-13(12(2,3)11(15)16)9-6-5-7-10(8-9)14(17)18/h5-8H,4H2,1-3H3,(H,15,16). The van der Waals surface area contributed by atoms with Crippen LogP contribution in [0.4, 0.5) is 11.4 Å². The lowest BCUT2D eigenvalue weighted by Crippen LogP contribution is -2.50. The molecule has 0 fully saturated rings. The normalized spacial score (nSPS) is 11.1. The molecule has 18 heavy (non-hydrogen) atoms. The van der Waals surface area contributed by atoms with Crippen LogP contribution in [-0.2, 0) is 4.79 Å². The molecule has 1 aromatic carbocycles. The third-order valence-electron chi connectivity index (χ3n) is 2.87. The Bertz CT molecular complexity index is 471. The van der Waals surface area contributed by atoms with E-state index in [-0.39, 0.29) is 5.69 Å². The molecule has 0 aliphatic heterocycles. The summed E-state index contributed by atoms with van der Waals surface area (Å²) in [6.45, 7) is 5.39. The first-order chi connectivity index (χ1) is 8.30. The largest absolute Gasteiger partial charge is 0.480 e. The fourth-order valence-electron chi connectivity index (χ4n) is 1.79. The van der Waals surface area contributed by atoms with Gasteiger partial charge >= 0.3 is 5.97 Å². The van der Waals surface area contributed by atoms with E-state index in [4.69, 9.17) is 0 Å². The molecule has 0 aliphatic rings. The zero-order valence-corrected chi connectivity index (χ0v) is 10.6. The van der Waals surface area contributed by atoms with Crippen LogP contribution in [-0.4, -0.2) is 28.1 Å². The number of rotatable bonds is 5. The summed E-state index contributed by atoms with van der Waals surface area (Å²) in [4.78, 5) is 23.1. The van der Waals surface area contributed by atoms with Gasteiger partial charge in [-0.05, 0) is 26.8 Å². The zero-order valence-electron chi connectivity index (χ0n) is 10.6. The second-order valence-electron chi connectivity index (χ2n) is 4.39. The van der Waals surface area contributed by atoms with Crippen LogP contribution in [0, 0.1) is 10.1 Å². The number of carboxylic acid groups (broad SMARTS) is 1. The van der Waals surface area contributed by atoms with Crippen LogP contribution in [0.3, 0.4) is 0 Å². The third kappa shape index (κ3) is 2.58. The highest BCUT2D eigenvalue weighted by Gasteiger charge is 2.34. The van der Waals surface area contributed by atoms with Crippen LogP contribution < -0.4 is 4.90 Å². The Morgan fingerprint density at radius 3 is 2.56 bits per heavy atom. The molecule has 6 heteroatoms. The minimum absolute atomic E-state index is 0.0489. The van der Waals surface area contributed by atoms with Crippen molar-refractivity contribution in [2.24, 2.45) is 0 Å². The van der Waals surface area contributed by atoms with Crippen LogP contribution >= 0.6 is 0 Å². The summed E-state index contributed by atoms with van der Waals surface area (Å²) in [5, 5.41) is 19.9. The quantitative estimate of drug-likeness (QED) is 0.642. The summed E-state index contributed by atoms with van der Waals surface area (Å²) in [7, 11) is 0. The van der Waals surface area contributed by atoms with Crippen LogP contribution in [0.2, 0.25) is 0 Å². The molecule has 0 aliphatic carbocycles. The summed E-state index contributed by atoms with van der Waals surface area (Å²) >= 11 is 0. The van der Waals surface area contributed by atoms with E-state index in [0.717, 1.165) is 0 Å². The predicted octanol–water partition coefficient (Wildman–Crippen LogP) is 2.28. The second-order valence-corrected chi connectivity index (χ2v) is 4.39. The number of aliphatic carboxylic acids is 1. The van der Waals surface area contributed by atoms with E-state index in [1.54, 1.807) is 30.9 Å². The number of likely N-dealkylation sites (N-methyl/N-ethyl adjacent to an activating group) is 1. The van der Waals surface area contributed by atoms with E-state index in [2.05, 4.69) is 0 Å². The summed E-state index contributed by atoms with van der Waals surface area (Å²) in [5.74, 6) is -0.976. The van der Waals surface area contributed by atoms with Crippen molar-refractivity contribution in [2.45, 2.75) is 26.3 Å². The van der Waals surface area contributed by atoms with Crippen molar-refractivity contribution in [2.75, 3.05) is 11.4 Å². The van der Waals surface area contributed by atoms with Gasteiger partial charge in [-0.15, -0.1) is 0 Å². The van der Waals surface area contributed by atoms with Gasteiger partial charge in [0, 0.05) is 24.4 Å². The molecule has 0 heterocycles. The van der Waals surface area contributed by atoms with Crippen molar-refractivity contribution in [3.63, 3.8) is 0 Å². The molecule has 0 amide bonds. The van der Waals surface area contributed by atoms with Gasteiger partial charge in [-0.1, -0.05) is 6.07 Å². The molecule has 0 unspecified atom stereocenters. The van der Waals surface area contributed by atoms with Crippen molar-refractivity contribution in [3.05, 3.63) is 34.4 Å². The molecule has 6 nitrogen and oxygen atoms in total. The Morgan fingerprint density at radius 2 is 2.11 bits per heavy atom. The van der Waals surface area contributed by atoms with Gasteiger partial charge in [0.25, 0.3) is 5.69 Å². The number of nitro benzene ring substituents is 1. The summed E-state index contributed by atoms with van der Waals surface area (Å²) < 4.78 is 0. The van der Waals surface area contributed by atoms with Crippen molar-refractivity contribution in [1.82, 2.24) is 0 Å². The highest BCUT2D eigenvalue weighted by Crippen LogP contribution is 2.27. The molecule has 0 saturated carbocycles. The number of benzene rings is 1. The van der Waals surface area contributed by atoms with Gasteiger partial charge in [-0.3, -0.25) is 10.1 Å². The minimum atomic E-state index is -1.12. The maximum atomic E-state index is 11.2. The maximum absolute atomic E-state index is 11.2. The number of carbonyl (C=O) groups is 1. The smallest absolute Gasteiger partial charge is 0.328 e. The fraction of sp³-hybridized carbons (Fsp3) is 0.417. The first kappa shape index (κ1) is 14.0. The lowest BCUT2D eigenvalue weighted by molar-refractivity contribution is -0.384.